The van der Waals surface area contributed by atoms with Gasteiger partial charge in [0.15, 0.2) is 23.0 Å². The number of fused-ring (bicyclic) bond motifs is 1. The number of nitro benzene ring substituents is 1. The van der Waals surface area contributed by atoms with Crippen LogP contribution in [0.2, 0.25) is 0 Å². The number of methoxy groups -OCH3 is 3. The molecule has 0 spiro atoms. The number of hydrazone groups is 1. The number of carbonyl (C=O) groups excluding carboxylic acids is 1. The Balaban J connectivity index is 1.21. The average Bonchev–Trinajstić information content (AvgIpc) is 3.48. The Bertz CT molecular complexity index is 1480. The topological polar surface area (TPSA) is 137 Å². The lowest BCUT2D eigenvalue weighted by atomic mass is 10.1. The molecular formula is C29H31N5O8. The Morgan fingerprint density at radius 1 is 0.976 bits per heavy atom. The summed E-state index contributed by atoms with van der Waals surface area (Å²) in [5, 5.41) is 15.9. The molecule has 0 aromatic heterocycles. The maximum Gasteiger partial charge on any atom is 0.293 e. The second-order valence-corrected chi connectivity index (χ2v) is 9.57. The molecule has 42 heavy (non-hydrogen) atoms. The van der Waals surface area contributed by atoms with Crippen LogP contribution in [-0.2, 0) is 6.54 Å². The van der Waals surface area contributed by atoms with Gasteiger partial charge in [0.25, 0.3) is 11.6 Å². The van der Waals surface area contributed by atoms with Gasteiger partial charge in [-0.2, -0.15) is 5.10 Å². The van der Waals surface area contributed by atoms with E-state index in [1.54, 1.807) is 12.1 Å². The molecular weight excluding hydrogens is 546 g/mol. The Morgan fingerprint density at radius 2 is 1.69 bits per heavy atom. The first-order chi connectivity index (χ1) is 20.4. The van der Waals surface area contributed by atoms with E-state index in [0.29, 0.717) is 41.6 Å². The summed E-state index contributed by atoms with van der Waals surface area (Å²) in [5.74, 6) is 2.00. The molecule has 0 atom stereocenters. The van der Waals surface area contributed by atoms with Crippen molar-refractivity contribution in [2.75, 3.05) is 59.2 Å². The third-order valence-corrected chi connectivity index (χ3v) is 7.06. The number of anilines is 1. The highest BCUT2D eigenvalue weighted by atomic mass is 16.7. The molecule has 2 aliphatic heterocycles. The van der Waals surface area contributed by atoms with Crippen LogP contribution in [0.4, 0.5) is 11.4 Å². The molecule has 0 bridgehead atoms. The SMILES string of the molecule is COc1cc(C(=O)N/N=C\c2ccc(N3CCN(Cc4ccc5c(c4)OCO5)CC3)c([N+](=O)[O-])c2)cc(OC)c1OC. The van der Waals surface area contributed by atoms with Gasteiger partial charge in [-0.15, -0.1) is 0 Å². The average molecular weight is 578 g/mol. The molecule has 2 aliphatic rings. The van der Waals surface area contributed by atoms with Crippen molar-refractivity contribution in [3.8, 4) is 28.7 Å². The van der Waals surface area contributed by atoms with Crippen molar-refractivity contribution >= 4 is 23.5 Å². The van der Waals surface area contributed by atoms with Crippen LogP contribution >= 0.6 is 0 Å². The van der Waals surface area contributed by atoms with Gasteiger partial charge in [0, 0.05) is 49.9 Å². The summed E-state index contributed by atoms with van der Waals surface area (Å²) >= 11 is 0. The van der Waals surface area contributed by atoms with E-state index in [9.17, 15) is 14.9 Å². The third kappa shape index (κ3) is 6.15. The summed E-state index contributed by atoms with van der Waals surface area (Å²) in [6.45, 7) is 3.78. The zero-order valence-corrected chi connectivity index (χ0v) is 23.5. The minimum absolute atomic E-state index is 0.0286. The lowest BCUT2D eigenvalue weighted by Gasteiger charge is -2.35. The number of benzene rings is 3. The number of nitro groups is 1. The van der Waals surface area contributed by atoms with Crippen molar-refractivity contribution in [2.24, 2.45) is 5.10 Å². The number of hydrogen-bond acceptors (Lipinski definition) is 11. The van der Waals surface area contributed by atoms with Crippen LogP contribution < -0.4 is 34.0 Å². The van der Waals surface area contributed by atoms with Gasteiger partial charge < -0.3 is 28.6 Å². The Kier molecular flexibility index (Phi) is 8.58. The van der Waals surface area contributed by atoms with Crippen LogP contribution in [0.3, 0.4) is 0 Å². The molecule has 0 saturated carbocycles. The van der Waals surface area contributed by atoms with Crippen molar-refractivity contribution in [3.63, 3.8) is 0 Å². The van der Waals surface area contributed by atoms with Gasteiger partial charge >= 0.3 is 0 Å². The molecule has 3 aromatic carbocycles. The number of amides is 1. The summed E-state index contributed by atoms with van der Waals surface area (Å²) in [6.07, 6.45) is 1.36. The monoisotopic (exact) mass is 577 g/mol. The van der Waals surface area contributed by atoms with Gasteiger partial charge in [0.1, 0.15) is 5.69 Å². The quantitative estimate of drug-likeness (QED) is 0.217. The molecule has 1 saturated heterocycles. The molecule has 0 unspecified atom stereocenters. The molecule has 5 rings (SSSR count). The van der Waals surface area contributed by atoms with Crippen LogP contribution in [0.5, 0.6) is 28.7 Å². The lowest BCUT2D eigenvalue weighted by molar-refractivity contribution is -0.384. The lowest BCUT2D eigenvalue weighted by Crippen LogP contribution is -2.46. The zero-order chi connectivity index (χ0) is 29.6. The summed E-state index contributed by atoms with van der Waals surface area (Å²) in [6, 6.07) is 13.8. The third-order valence-electron chi connectivity index (χ3n) is 7.06. The first-order valence-electron chi connectivity index (χ1n) is 13.2. The van der Waals surface area contributed by atoms with Crippen molar-refractivity contribution in [2.45, 2.75) is 6.54 Å². The second-order valence-electron chi connectivity index (χ2n) is 9.57. The fourth-order valence-electron chi connectivity index (χ4n) is 4.92. The van der Waals surface area contributed by atoms with Crippen LogP contribution in [-0.4, -0.2) is 76.2 Å². The largest absolute Gasteiger partial charge is 0.493 e. The van der Waals surface area contributed by atoms with Crippen LogP contribution in [0.1, 0.15) is 21.5 Å². The maximum absolute atomic E-state index is 12.7. The summed E-state index contributed by atoms with van der Waals surface area (Å²) in [7, 11) is 4.38. The predicted octanol–water partition coefficient (Wildman–Crippen LogP) is 3.44. The normalized spacial score (nSPS) is 14.6. The Morgan fingerprint density at radius 3 is 2.36 bits per heavy atom. The van der Waals surface area contributed by atoms with Gasteiger partial charge in [-0.3, -0.25) is 19.8 Å². The number of ether oxygens (including phenoxy) is 5. The molecule has 3 aromatic rings. The highest BCUT2D eigenvalue weighted by molar-refractivity contribution is 5.96. The zero-order valence-electron chi connectivity index (χ0n) is 23.5. The van der Waals surface area contributed by atoms with Gasteiger partial charge in [-0.25, -0.2) is 5.43 Å². The Labute approximate surface area is 242 Å². The number of hydrogen-bond donors (Lipinski definition) is 1. The standard InChI is InChI=1S/C29H31N5O8/c1-38-26-14-21(15-27(39-2)28(26)40-3)29(35)31-30-16-19-4-6-22(23(12-19)34(36)37)33-10-8-32(9-11-33)17-20-5-7-24-25(13-20)42-18-41-24/h4-7,12-16H,8-11,17-18H2,1-3H3,(H,31,35)/b30-16-. The van der Waals surface area contributed by atoms with Crippen molar-refractivity contribution in [1.82, 2.24) is 10.3 Å². The van der Waals surface area contributed by atoms with Gasteiger partial charge in [0.2, 0.25) is 12.5 Å². The van der Waals surface area contributed by atoms with E-state index in [4.69, 9.17) is 23.7 Å². The number of nitrogens with one attached hydrogen (secondary N) is 1. The predicted molar refractivity (Wildman–Crippen MR) is 154 cm³/mol. The van der Waals surface area contributed by atoms with E-state index in [1.807, 2.05) is 23.1 Å². The van der Waals surface area contributed by atoms with E-state index in [2.05, 4.69) is 15.4 Å². The van der Waals surface area contributed by atoms with Gasteiger partial charge in [0.05, 0.1) is 32.5 Å². The van der Waals surface area contributed by atoms with Crippen LogP contribution in [0, 0.1) is 10.1 Å². The first-order valence-corrected chi connectivity index (χ1v) is 13.2. The van der Waals surface area contributed by atoms with Crippen molar-refractivity contribution in [3.05, 3.63) is 75.3 Å². The van der Waals surface area contributed by atoms with Crippen LogP contribution in [0.15, 0.2) is 53.6 Å². The van der Waals surface area contributed by atoms with Gasteiger partial charge in [-0.1, -0.05) is 12.1 Å². The molecule has 1 amide bonds. The van der Waals surface area contributed by atoms with E-state index in [-0.39, 0.29) is 18.0 Å². The minimum atomic E-state index is -0.518. The van der Waals surface area contributed by atoms with E-state index < -0.39 is 10.8 Å². The molecule has 2 heterocycles. The number of carbonyl (C=O) groups is 1. The fraction of sp³-hybridized carbons (Fsp3) is 0.310. The van der Waals surface area contributed by atoms with Crippen LogP contribution in [0.25, 0.3) is 0 Å². The van der Waals surface area contributed by atoms with E-state index >= 15 is 0 Å². The molecule has 1 fully saturated rings. The number of rotatable bonds is 10. The molecule has 1 N–H and O–H groups in total. The first kappa shape index (κ1) is 28.5. The minimum Gasteiger partial charge on any atom is -0.493 e. The number of piperazine rings is 1. The maximum atomic E-state index is 12.7. The molecule has 13 nitrogen and oxygen atoms in total. The summed E-state index contributed by atoms with van der Waals surface area (Å²) in [4.78, 5) is 28.6. The smallest absolute Gasteiger partial charge is 0.293 e. The van der Waals surface area contributed by atoms with Crippen molar-refractivity contribution < 1.29 is 33.4 Å². The second kappa shape index (κ2) is 12.6. The molecule has 13 heteroatoms. The van der Waals surface area contributed by atoms with E-state index in [1.165, 1.54) is 45.7 Å². The molecule has 220 valence electrons. The van der Waals surface area contributed by atoms with E-state index in [0.717, 1.165) is 36.7 Å². The number of nitrogens with zero attached hydrogens (tertiary/aromatic N) is 4. The fourth-order valence-corrected chi connectivity index (χ4v) is 4.92. The molecule has 0 aliphatic carbocycles. The summed E-state index contributed by atoms with van der Waals surface area (Å²) < 4.78 is 26.7. The highest BCUT2D eigenvalue weighted by Gasteiger charge is 2.25. The Hall–Kier alpha value is -5.04. The highest BCUT2D eigenvalue weighted by Crippen LogP contribution is 2.38. The summed E-state index contributed by atoms with van der Waals surface area (Å²) in [5.41, 5.74) is 4.78. The van der Waals surface area contributed by atoms with Gasteiger partial charge in [-0.05, 0) is 35.9 Å². The molecule has 0 radical (unpaired) electrons. The van der Waals surface area contributed by atoms with Crippen molar-refractivity contribution in [1.29, 1.82) is 0 Å².